The number of hydrogen-bond donors (Lipinski definition) is 0. The summed E-state index contributed by atoms with van der Waals surface area (Å²) < 4.78 is 28.7. The molecule has 1 saturated heterocycles. The predicted molar refractivity (Wildman–Crippen MR) is 167 cm³/mol. The van der Waals surface area contributed by atoms with E-state index in [-0.39, 0.29) is 11.9 Å². The van der Waals surface area contributed by atoms with Crippen molar-refractivity contribution in [3.8, 4) is 0 Å². The van der Waals surface area contributed by atoms with Crippen LogP contribution in [0.2, 0.25) is 0 Å². The monoisotopic (exact) mass is 633 g/mol. The van der Waals surface area contributed by atoms with Crippen molar-refractivity contribution in [3.63, 3.8) is 0 Å². The molecule has 0 aromatic heterocycles. The van der Waals surface area contributed by atoms with Crippen molar-refractivity contribution in [1.82, 2.24) is 0 Å². The average Bonchev–Trinajstić information content (AvgIpc) is 2.99. The van der Waals surface area contributed by atoms with E-state index < -0.39 is 53.7 Å². The Balaban J connectivity index is 1.60. The lowest BCUT2D eigenvalue weighted by Gasteiger charge is -2.46. The largest absolute Gasteiger partial charge is 0.463 e. The van der Waals surface area contributed by atoms with Crippen LogP contribution in [0.1, 0.15) is 49.6 Å². The van der Waals surface area contributed by atoms with Crippen molar-refractivity contribution in [2.45, 2.75) is 69.7 Å². The highest BCUT2D eigenvalue weighted by molar-refractivity contribution is 8.00. The Morgan fingerprint density at radius 1 is 0.689 bits per heavy atom. The summed E-state index contributed by atoms with van der Waals surface area (Å²) in [6.45, 7) is 6.66. The molecule has 0 aliphatic carbocycles. The number of ether oxygens (including phenoxy) is 5. The number of aryl methyl sites for hydroxylation is 1. The van der Waals surface area contributed by atoms with Gasteiger partial charge in [-0.3, -0.25) is 19.2 Å². The molecule has 3 aromatic rings. The van der Waals surface area contributed by atoms with Gasteiger partial charge in [0.1, 0.15) is 18.1 Å². The van der Waals surface area contributed by atoms with Crippen LogP contribution in [0.4, 0.5) is 17.1 Å². The Hall–Kier alpha value is -4.35. The van der Waals surface area contributed by atoms with Crippen molar-refractivity contribution in [1.29, 1.82) is 0 Å². The number of hydrogen-bond acceptors (Lipinski definition) is 11. The summed E-state index contributed by atoms with van der Waals surface area (Å²) in [6.07, 6.45) is -4.64. The third-order valence-corrected chi connectivity index (χ3v) is 8.86. The standard InChI is InChI=1S/C34H35NO9S/c1-19-14-16-24(17-15-19)35-27-12-8-6-10-25(27)33(26-11-7-9-13-28(26)35)45-34-32(43-23(5)39)31(42-22(4)38)30(41-21(3)37)29(44-34)18-40-20(2)36/h6-17,29-34H,18H2,1-5H3/t29-,30-,31+,32-,34+/m1/s1. The molecule has 0 amide bonds. The number of esters is 4. The predicted octanol–water partition coefficient (Wildman–Crippen LogP) is 5.68. The van der Waals surface area contributed by atoms with E-state index in [0.29, 0.717) is 0 Å². The summed E-state index contributed by atoms with van der Waals surface area (Å²) in [5, 5.41) is -0.320. The number of rotatable bonds is 8. The maximum Gasteiger partial charge on any atom is 0.303 e. The van der Waals surface area contributed by atoms with Gasteiger partial charge in [0.15, 0.2) is 18.3 Å². The van der Waals surface area contributed by atoms with Crippen LogP contribution in [-0.2, 0) is 42.9 Å². The highest BCUT2D eigenvalue weighted by Gasteiger charge is 2.53. The Kier molecular flexibility index (Phi) is 9.79. The molecule has 0 spiro atoms. The Bertz CT molecular complexity index is 1530. The van der Waals surface area contributed by atoms with Crippen molar-refractivity contribution >= 4 is 52.7 Å². The Morgan fingerprint density at radius 2 is 1.20 bits per heavy atom. The van der Waals surface area contributed by atoms with E-state index in [1.807, 2.05) is 55.5 Å². The fourth-order valence-corrected chi connectivity index (χ4v) is 7.21. The molecule has 236 valence electrons. The molecular weight excluding hydrogens is 598 g/mol. The summed E-state index contributed by atoms with van der Waals surface area (Å²) in [5.41, 5.74) is 5.10. The van der Waals surface area contributed by atoms with Crippen molar-refractivity contribution in [2.75, 3.05) is 11.5 Å². The molecule has 10 nitrogen and oxygen atoms in total. The third-order valence-electron chi connectivity index (χ3n) is 7.43. The van der Waals surface area contributed by atoms with E-state index in [9.17, 15) is 19.2 Å². The number of thioether (sulfide) groups is 1. The average molecular weight is 634 g/mol. The third kappa shape index (κ3) is 7.15. The maximum atomic E-state index is 12.4. The van der Waals surface area contributed by atoms with Gasteiger partial charge in [-0.2, -0.15) is 0 Å². The Morgan fingerprint density at radius 3 is 1.73 bits per heavy atom. The number of fused-ring (bicyclic) bond motifs is 2. The van der Waals surface area contributed by atoms with E-state index in [0.717, 1.165) is 33.8 Å². The lowest BCUT2D eigenvalue weighted by atomic mass is 9.94. The van der Waals surface area contributed by atoms with Crippen LogP contribution < -0.4 is 4.90 Å². The molecule has 2 heterocycles. The second-order valence-electron chi connectivity index (χ2n) is 10.9. The lowest BCUT2D eigenvalue weighted by molar-refractivity contribution is -0.237. The fraction of sp³-hybridized carbons (Fsp3) is 0.353. The molecule has 2 aliphatic heterocycles. The van der Waals surface area contributed by atoms with Crippen molar-refractivity contribution in [3.05, 3.63) is 89.5 Å². The van der Waals surface area contributed by atoms with Gasteiger partial charge < -0.3 is 28.6 Å². The molecule has 5 rings (SSSR count). The molecule has 0 unspecified atom stereocenters. The smallest absolute Gasteiger partial charge is 0.303 e. The summed E-state index contributed by atoms with van der Waals surface area (Å²) >= 11 is 1.37. The number of anilines is 3. The minimum Gasteiger partial charge on any atom is -0.463 e. The zero-order valence-electron chi connectivity index (χ0n) is 25.6. The molecule has 5 atom stereocenters. The van der Waals surface area contributed by atoms with Gasteiger partial charge in [-0.1, -0.05) is 54.1 Å². The van der Waals surface area contributed by atoms with Crippen LogP contribution in [-0.4, -0.2) is 60.3 Å². The maximum absolute atomic E-state index is 12.4. The second kappa shape index (κ2) is 13.7. The quantitative estimate of drug-likeness (QED) is 0.225. The van der Waals surface area contributed by atoms with Gasteiger partial charge in [-0.05, 0) is 42.3 Å². The molecule has 2 aliphatic rings. The van der Waals surface area contributed by atoms with Gasteiger partial charge in [0.25, 0.3) is 0 Å². The van der Waals surface area contributed by atoms with Gasteiger partial charge in [0, 0.05) is 33.4 Å². The van der Waals surface area contributed by atoms with E-state index >= 15 is 0 Å². The van der Waals surface area contributed by atoms with Gasteiger partial charge in [-0.25, -0.2) is 0 Å². The number of nitrogens with zero attached hydrogens (tertiary/aromatic N) is 1. The van der Waals surface area contributed by atoms with E-state index in [1.54, 1.807) is 0 Å². The van der Waals surface area contributed by atoms with Crippen LogP contribution in [0.5, 0.6) is 0 Å². The topological polar surface area (TPSA) is 118 Å². The first kappa shape index (κ1) is 32.1. The lowest BCUT2D eigenvalue weighted by Crippen LogP contribution is -2.61. The number of para-hydroxylation sites is 2. The molecule has 11 heteroatoms. The van der Waals surface area contributed by atoms with Crippen LogP contribution in [0.25, 0.3) is 0 Å². The SMILES string of the molecule is CC(=O)OC[C@H]1O[C@@H](SC2c3ccccc3N(c3ccc(C)cc3)c3ccccc32)[C@H](OC(C)=O)[C@@H](OC(C)=O)[C@@H]1OC(C)=O. The normalized spacial score (nSPS) is 22.4. The van der Waals surface area contributed by atoms with E-state index in [2.05, 4.69) is 29.2 Å². The molecule has 1 fully saturated rings. The minimum atomic E-state index is -1.24. The van der Waals surface area contributed by atoms with Crippen LogP contribution in [0, 0.1) is 6.92 Å². The molecule has 0 bridgehead atoms. The number of benzene rings is 3. The van der Waals surface area contributed by atoms with Gasteiger partial charge in [0.2, 0.25) is 0 Å². The zero-order valence-corrected chi connectivity index (χ0v) is 26.4. The first-order valence-electron chi connectivity index (χ1n) is 14.5. The fourth-order valence-electron chi connectivity index (χ4n) is 5.67. The molecule has 45 heavy (non-hydrogen) atoms. The summed E-state index contributed by atoms with van der Waals surface area (Å²) in [4.78, 5) is 50.9. The van der Waals surface area contributed by atoms with Crippen LogP contribution >= 0.6 is 11.8 Å². The highest BCUT2D eigenvalue weighted by Crippen LogP contribution is 2.55. The van der Waals surface area contributed by atoms with Gasteiger partial charge >= 0.3 is 23.9 Å². The summed E-state index contributed by atoms with van der Waals surface area (Å²) in [6, 6.07) is 24.3. The van der Waals surface area contributed by atoms with Gasteiger partial charge in [-0.15, -0.1) is 11.8 Å². The highest BCUT2D eigenvalue weighted by atomic mass is 32.2. The molecule has 0 saturated carbocycles. The first-order valence-corrected chi connectivity index (χ1v) is 15.5. The van der Waals surface area contributed by atoms with Gasteiger partial charge in [0.05, 0.1) is 16.6 Å². The number of carbonyl (C=O) groups is 4. The molecule has 3 aromatic carbocycles. The number of carbonyl (C=O) groups excluding carboxylic acids is 4. The minimum absolute atomic E-state index is 0.284. The summed E-state index contributed by atoms with van der Waals surface area (Å²) in [5.74, 6) is -2.55. The van der Waals surface area contributed by atoms with Crippen molar-refractivity contribution in [2.24, 2.45) is 0 Å². The first-order chi connectivity index (χ1) is 21.5. The summed E-state index contributed by atoms with van der Waals surface area (Å²) in [7, 11) is 0. The van der Waals surface area contributed by atoms with E-state index in [4.69, 9.17) is 23.7 Å². The molecule has 0 N–H and O–H groups in total. The van der Waals surface area contributed by atoms with Crippen molar-refractivity contribution < 1.29 is 42.9 Å². The molecule has 0 radical (unpaired) electrons. The zero-order chi connectivity index (χ0) is 32.2. The van der Waals surface area contributed by atoms with E-state index in [1.165, 1.54) is 39.5 Å². The molecular formula is C34H35NO9S. The second-order valence-corrected chi connectivity index (χ2v) is 12.1. The Labute approximate surface area is 265 Å². The van der Waals surface area contributed by atoms with Crippen LogP contribution in [0.15, 0.2) is 72.8 Å². The van der Waals surface area contributed by atoms with Crippen LogP contribution in [0.3, 0.4) is 0 Å².